The van der Waals surface area contributed by atoms with Crippen molar-refractivity contribution >= 4 is 29.3 Å². The van der Waals surface area contributed by atoms with Gasteiger partial charge in [0.1, 0.15) is 10.8 Å². The number of hydrogen-bond donors (Lipinski definition) is 1. The maximum Gasteiger partial charge on any atom is 0.271 e. The largest absolute Gasteiger partial charge is 0.351 e. The normalized spacial score (nSPS) is 11.9. The van der Waals surface area contributed by atoms with Crippen molar-refractivity contribution in [1.82, 2.24) is 15.1 Å². The molecule has 29 heavy (non-hydrogen) atoms. The standard InChI is InChI=1S/C21H19ClFN3O2S/c1-13-7-8-16(11-17(13)22)26-20(27)10-9-19(25-26)29-14(2)21(28)24-12-15-5-3-4-6-18(15)23/h3-11,14H,12H2,1-2H3,(H,24,28)/t14-/m0/s1. The van der Waals surface area contributed by atoms with Gasteiger partial charge in [-0.3, -0.25) is 9.59 Å². The summed E-state index contributed by atoms with van der Waals surface area (Å²) in [6.07, 6.45) is 0. The Kier molecular flexibility index (Phi) is 6.71. The molecule has 0 unspecified atom stereocenters. The number of amides is 1. The van der Waals surface area contributed by atoms with Crippen LogP contribution in [0.1, 0.15) is 18.1 Å². The Morgan fingerprint density at radius 3 is 2.72 bits per heavy atom. The van der Waals surface area contributed by atoms with Gasteiger partial charge in [-0.25, -0.2) is 4.39 Å². The molecule has 1 N–H and O–H groups in total. The first-order valence-electron chi connectivity index (χ1n) is 8.90. The lowest BCUT2D eigenvalue weighted by atomic mass is 10.2. The molecule has 1 heterocycles. The van der Waals surface area contributed by atoms with Crippen LogP contribution < -0.4 is 10.9 Å². The number of thioether (sulfide) groups is 1. The van der Waals surface area contributed by atoms with Crippen LogP contribution in [0.2, 0.25) is 5.02 Å². The van der Waals surface area contributed by atoms with Crippen LogP contribution in [-0.2, 0) is 11.3 Å². The van der Waals surface area contributed by atoms with Crippen LogP contribution in [-0.4, -0.2) is 20.9 Å². The summed E-state index contributed by atoms with van der Waals surface area (Å²) >= 11 is 7.36. The minimum Gasteiger partial charge on any atom is -0.351 e. The maximum atomic E-state index is 13.7. The molecule has 8 heteroatoms. The number of halogens is 2. The highest BCUT2D eigenvalue weighted by molar-refractivity contribution is 8.00. The fraction of sp³-hybridized carbons (Fsp3) is 0.190. The summed E-state index contributed by atoms with van der Waals surface area (Å²) < 4.78 is 14.9. The molecule has 1 atom stereocenters. The zero-order valence-electron chi connectivity index (χ0n) is 15.9. The first-order chi connectivity index (χ1) is 13.8. The van der Waals surface area contributed by atoms with Crippen molar-refractivity contribution in [1.29, 1.82) is 0 Å². The van der Waals surface area contributed by atoms with E-state index in [1.54, 1.807) is 43.3 Å². The third-order valence-electron chi connectivity index (χ3n) is 4.25. The zero-order chi connectivity index (χ0) is 21.0. The third-order valence-corrected chi connectivity index (χ3v) is 5.69. The first-order valence-corrected chi connectivity index (χ1v) is 10.2. The molecule has 3 aromatic rings. The van der Waals surface area contributed by atoms with E-state index in [1.165, 1.54) is 28.6 Å². The molecule has 0 spiro atoms. The summed E-state index contributed by atoms with van der Waals surface area (Å²) in [6.45, 7) is 3.70. The lowest BCUT2D eigenvalue weighted by Crippen LogP contribution is -2.31. The van der Waals surface area contributed by atoms with Crippen LogP contribution in [0.15, 0.2) is 64.4 Å². The molecule has 1 aromatic heterocycles. The number of benzene rings is 2. The van der Waals surface area contributed by atoms with E-state index in [9.17, 15) is 14.0 Å². The van der Waals surface area contributed by atoms with Crippen molar-refractivity contribution < 1.29 is 9.18 Å². The Morgan fingerprint density at radius 1 is 1.24 bits per heavy atom. The van der Waals surface area contributed by atoms with Crippen molar-refractivity contribution in [3.8, 4) is 5.69 Å². The van der Waals surface area contributed by atoms with Gasteiger partial charge in [0.15, 0.2) is 0 Å². The highest BCUT2D eigenvalue weighted by Gasteiger charge is 2.16. The minimum absolute atomic E-state index is 0.102. The second-order valence-corrected chi connectivity index (χ2v) is 8.19. The van der Waals surface area contributed by atoms with Gasteiger partial charge in [-0.2, -0.15) is 9.78 Å². The molecule has 5 nitrogen and oxygen atoms in total. The summed E-state index contributed by atoms with van der Waals surface area (Å²) in [6, 6.07) is 14.5. The van der Waals surface area contributed by atoms with Crippen molar-refractivity contribution in [3.63, 3.8) is 0 Å². The van der Waals surface area contributed by atoms with E-state index in [1.807, 2.05) is 13.0 Å². The maximum absolute atomic E-state index is 13.7. The van der Waals surface area contributed by atoms with E-state index < -0.39 is 5.25 Å². The molecule has 0 fully saturated rings. The monoisotopic (exact) mass is 431 g/mol. The van der Waals surface area contributed by atoms with E-state index in [-0.39, 0.29) is 23.8 Å². The molecule has 0 radical (unpaired) electrons. The second-order valence-electron chi connectivity index (χ2n) is 6.42. The van der Waals surface area contributed by atoms with Crippen molar-refractivity contribution in [2.45, 2.75) is 30.7 Å². The Bertz CT molecular complexity index is 1100. The average Bonchev–Trinajstić information content (AvgIpc) is 2.70. The van der Waals surface area contributed by atoms with E-state index in [2.05, 4.69) is 10.4 Å². The molecule has 0 aliphatic heterocycles. The second kappa shape index (κ2) is 9.24. The number of nitrogens with zero attached hydrogens (tertiary/aromatic N) is 2. The topological polar surface area (TPSA) is 64.0 Å². The molecular formula is C21H19ClFN3O2S. The van der Waals surface area contributed by atoms with Gasteiger partial charge in [-0.05, 0) is 43.7 Å². The van der Waals surface area contributed by atoms with E-state index in [4.69, 9.17) is 11.6 Å². The lowest BCUT2D eigenvalue weighted by Gasteiger charge is -2.13. The van der Waals surface area contributed by atoms with E-state index in [0.29, 0.717) is 21.3 Å². The number of carbonyl (C=O) groups is 1. The van der Waals surface area contributed by atoms with Gasteiger partial charge < -0.3 is 5.32 Å². The molecule has 1 amide bonds. The predicted molar refractivity (Wildman–Crippen MR) is 113 cm³/mol. The lowest BCUT2D eigenvalue weighted by molar-refractivity contribution is -0.120. The van der Waals surface area contributed by atoms with Crippen molar-refractivity contribution in [2.75, 3.05) is 0 Å². The molecular weight excluding hydrogens is 413 g/mol. The number of rotatable bonds is 6. The average molecular weight is 432 g/mol. The van der Waals surface area contributed by atoms with Gasteiger partial charge in [-0.15, -0.1) is 0 Å². The summed E-state index contributed by atoms with van der Waals surface area (Å²) in [5, 5.41) is 7.62. The van der Waals surface area contributed by atoms with Crippen LogP contribution >= 0.6 is 23.4 Å². The van der Waals surface area contributed by atoms with Crippen LogP contribution in [0.25, 0.3) is 5.69 Å². The molecule has 0 aliphatic carbocycles. The highest BCUT2D eigenvalue weighted by atomic mass is 35.5. The number of aromatic nitrogens is 2. The quantitative estimate of drug-likeness (QED) is 0.596. The molecule has 0 saturated carbocycles. The summed E-state index contributed by atoms with van der Waals surface area (Å²) in [5.41, 5.74) is 1.56. The van der Waals surface area contributed by atoms with Crippen LogP contribution in [0.3, 0.4) is 0 Å². The molecule has 2 aromatic carbocycles. The third kappa shape index (κ3) is 5.25. The Balaban J connectivity index is 1.71. The predicted octanol–water partition coefficient (Wildman–Crippen LogP) is 4.13. The van der Waals surface area contributed by atoms with Gasteiger partial charge in [0.2, 0.25) is 5.91 Å². The van der Waals surface area contributed by atoms with Gasteiger partial charge >= 0.3 is 0 Å². The minimum atomic E-state index is -0.484. The molecule has 0 saturated heterocycles. The fourth-order valence-corrected chi connectivity index (χ4v) is 3.56. The van der Waals surface area contributed by atoms with Gasteiger partial charge in [-0.1, -0.05) is 47.6 Å². The van der Waals surface area contributed by atoms with Crippen LogP contribution in [0.4, 0.5) is 4.39 Å². The van der Waals surface area contributed by atoms with Crippen molar-refractivity contribution in [3.05, 3.63) is 86.9 Å². The van der Waals surface area contributed by atoms with Gasteiger partial charge in [0, 0.05) is 23.2 Å². The van der Waals surface area contributed by atoms with E-state index in [0.717, 1.165) is 5.56 Å². The smallest absolute Gasteiger partial charge is 0.271 e. The number of carbonyl (C=O) groups excluding carboxylic acids is 1. The summed E-state index contributed by atoms with van der Waals surface area (Å²) in [4.78, 5) is 24.6. The molecule has 3 rings (SSSR count). The van der Waals surface area contributed by atoms with Crippen molar-refractivity contribution in [2.24, 2.45) is 0 Å². The highest BCUT2D eigenvalue weighted by Crippen LogP contribution is 2.22. The number of nitrogens with one attached hydrogen (secondary N) is 1. The molecule has 150 valence electrons. The number of aryl methyl sites for hydroxylation is 1. The van der Waals surface area contributed by atoms with Crippen LogP contribution in [0.5, 0.6) is 0 Å². The van der Waals surface area contributed by atoms with E-state index >= 15 is 0 Å². The Labute approximate surface area is 176 Å². The Morgan fingerprint density at radius 2 is 2.00 bits per heavy atom. The zero-order valence-corrected chi connectivity index (χ0v) is 17.4. The van der Waals surface area contributed by atoms with Crippen LogP contribution in [0, 0.1) is 12.7 Å². The summed E-state index contributed by atoms with van der Waals surface area (Å²) in [7, 11) is 0. The van der Waals surface area contributed by atoms with Gasteiger partial charge in [0.25, 0.3) is 5.56 Å². The number of hydrogen-bond acceptors (Lipinski definition) is 4. The molecule has 0 bridgehead atoms. The molecule has 0 aliphatic rings. The Hall–Kier alpha value is -2.64. The van der Waals surface area contributed by atoms with Gasteiger partial charge in [0.05, 0.1) is 10.9 Å². The summed E-state index contributed by atoms with van der Waals surface area (Å²) in [5.74, 6) is -0.616. The SMILES string of the molecule is Cc1ccc(-n2nc(S[C@@H](C)C(=O)NCc3ccccc3F)ccc2=O)cc1Cl. The fourth-order valence-electron chi connectivity index (χ4n) is 2.56. The first kappa shape index (κ1) is 21.1.